The molecule has 3 nitrogen and oxygen atoms in total. The summed E-state index contributed by atoms with van der Waals surface area (Å²) in [5.41, 5.74) is 0.687. The van der Waals surface area contributed by atoms with Crippen molar-refractivity contribution in [3.8, 4) is 18.0 Å². The first-order chi connectivity index (χ1) is 13.1. The van der Waals surface area contributed by atoms with Gasteiger partial charge in [-0.05, 0) is 30.3 Å². The number of aliphatic hydroxyl groups is 1. The Hall–Kier alpha value is -3.42. The van der Waals surface area contributed by atoms with Crippen molar-refractivity contribution in [1.29, 1.82) is 0 Å². The summed E-state index contributed by atoms with van der Waals surface area (Å²) in [6.07, 6.45) is 8.04. The molecule has 2 heterocycles. The molecular weight excluding hydrogens is 339 g/mol. The minimum absolute atomic E-state index is 0.0723. The van der Waals surface area contributed by atoms with Crippen molar-refractivity contribution in [2.24, 2.45) is 0 Å². The summed E-state index contributed by atoms with van der Waals surface area (Å²) in [7, 11) is 0. The number of hydrogen-bond acceptors (Lipinski definition) is 2. The molecule has 27 heavy (non-hydrogen) atoms. The third kappa shape index (κ3) is 2.79. The Morgan fingerprint density at radius 2 is 1.81 bits per heavy atom. The number of para-hydroxylation sites is 2. The van der Waals surface area contributed by atoms with Gasteiger partial charge in [0.1, 0.15) is 11.4 Å². The fourth-order valence-electron chi connectivity index (χ4n) is 3.50. The first-order valence-corrected chi connectivity index (χ1v) is 8.57. The van der Waals surface area contributed by atoms with Gasteiger partial charge in [-0.1, -0.05) is 36.4 Å². The summed E-state index contributed by atoms with van der Waals surface area (Å²) in [6.45, 7) is 0. The molecule has 0 aliphatic heterocycles. The SMILES string of the molecule is C#CCC(O)(c1ccncc1F)c1cc2ccccc2n1-c1ccccc1. The van der Waals surface area contributed by atoms with Gasteiger partial charge in [-0.3, -0.25) is 4.98 Å². The second-order valence-electron chi connectivity index (χ2n) is 6.36. The van der Waals surface area contributed by atoms with E-state index in [0.717, 1.165) is 22.8 Å². The minimum atomic E-state index is -1.70. The Kier molecular flexibility index (Phi) is 4.23. The van der Waals surface area contributed by atoms with Gasteiger partial charge in [0.25, 0.3) is 0 Å². The lowest BCUT2D eigenvalue weighted by atomic mass is 9.87. The highest BCUT2D eigenvalue weighted by Gasteiger charge is 2.37. The van der Waals surface area contributed by atoms with Gasteiger partial charge >= 0.3 is 0 Å². The van der Waals surface area contributed by atoms with Crippen LogP contribution in [0.1, 0.15) is 17.7 Å². The molecule has 4 heteroatoms. The van der Waals surface area contributed by atoms with E-state index < -0.39 is 11.4 Å². The summed E-state index contributed by atoms with van der Waals surface area (Å²) in [4.78, 5) is 3.79. The van der Waals surface area contributed by atoms with Gasteiger partial charge in [-0.15, -0.1) is 12.3 Å². The number of aromatic nitrogens is 2. The summed E-state index contributed by atoms with van der Waals surface area (Å²) in [5, 5.41) is 12.6. The average molecular weight is 356 g/mol. The first kappa shape index (κ1) is 17.0. The van der Waals surface area contributed by atoms with Crippen LogP contribution in [0.25, 0.3) is 16.6 Å². The van der Waals surface area contributed by atoms with Gasteiger partial charge in [0.2, 0.25) is 0 Å². The van der Waals surface area contributed by atoms with Crippen molar-refractivity contribution < 1.29 is 9.50 Å². The predicted molar refractivity (Wildman–Crippen MR) is 104 cm³/mol. The zero-order chi connectivity index (χ0) is 18.9. The quantitative estimate of drug-likeness (QED) is 0.550. The Balaban J connectivity index is 2.08. The van der Waals surface area contributed by atoms with Crippen molar-refractivity contribution >= 4 is 10.9 Å². The number of hydrogen-bond donors (Lipinski definition) is 1. The number of fused-ring (bicyclic) bond motifs is 1. The van der Waals surface area contributed by atoms with E-state index in [1.165, 1.54) is 12.3 Å². The van der Waals surface area contributed by atoms with E-state index >= 15 is 0 Å². The third-order valence-corrected chi connectivity index (χ3v) is 4.72. The van der Waals surface area contributed by atoms with Crippen molar-refractivity contribution in [3.63, 3.8) is 0 Å². The van der Waals surface area contributed by atoms with Gasteiger partial charge in [-0.2, -0.15) is 0 Å². The van der Waals surface area contributed by atoms with Crippen LogP contribution in [-0.4, -0.2) is 14.7 Å². The normalized spacial score (nSPS) is 13.2. The highest BCUT2D eigenvalue weighted by atomic mass is 19.1. The van der Waals surface area contributed by atoms with Crippen molar-refractivity contribution in [2.75, 3.05) is 0 Å². The molecule has 0 amide bonds. The molecule has 4 aromatic rings. The Morgan fingerprint density at radius 1 is 1.07 bits per heavy atom. The Labute approximate surface area is 156 Å². The molecule has 0 fully saturated rings. The maximum absolute atomic E-state index is 14.6. The monoisotopic (exact) mass is 356 g/mol. The molecule has 2 aromatic heterocycles. The Morgan fingerprint density at radius 3 is 2.56 bits per heavy atom. The van der Waals surface area contributed by atoms with Crippen molar-refractivity contribution in [2.45, 2.75) is 12.0 Å². The average Bonchev–Trinajstić information content (AvgIpc) is 3.09. The third-order valence-electron chi connectivity index (χ3n) is 4.72. The summed E-state index contributed by atoms with van der Waals surface area (Å²) in [6, 6.07) is 20.7. The fraction of sp³-hybridized carbons (Fsp3) is 0.0870. The van der Waals surface area contributed by atoms with Crippen LogP contribution < -0.4 is 0 Å². The highest BCUT2D eigenvalue weighted by molar-refractivity contribution is 5.84. The van der Waals surface area contributed by atoms with Crippen molar-refractivity contribution in [3.05, 3.63) is 96.2 Å². The zero-order valence-electron chi connectivity index (χ0n) is 14.5. The summed E-state index contributed by atoms with van der Waals surface area (Å²) < 4.78 is 16.5. The van der Waals surface area contributed by atoms with E-state index in [-0.39, 0.29) is 12.0 Å². The number of rotatable bonds is 4. The lowest BCUT2D eigenvalue weighted by Crippen LogP contribution is -2.31. The van der Waals surface area contributed by atoms with Gasteiger partial charge in [0.05, 0.1) is 17.4 Å². The molecule has 1 unspecified atom stereocenters. The van der Waals surface area contributed by atoms with Gasteiger partial charge < -0.3 is 9.67 Å². The van der Waals surface area contributed by atoms with Crippen molar-refractivity contribution in [1.82, 2.24) is 9.55 Å². The molecule has 132 valence electrons. The maximum Gasteiger partial charge on any atom is 0.148 e. The molecule has 4 rings (SSSR count). The first-order valence-electron chi connectivity index (χ1n) is 8.57. The minimum Gasteiger partial charge on any atom is -0.378 e. The highest BCUT2D eigenvalue weighted by Crippen LogP contribution is 2.38. The number of pyridine rings is 1. The lowest BCUT2D eigenvalue weighted by Gasteiger charge is -2.29. The summed E-state index contributed by atoms with van der Waals surface area (Å²) >= 11 is 0. The molecule has 0 aliphatic rings. The smallest absolute Gasteiger partial charge is 0.148 e. The standard InChI is InChI=1S/C23H17FN2O/c1-2-13-23(27,19-12-14-25-16-20(19)24)22-15-17-8-6-7-11-21(17)26(22)18-9-4-3-5-10-18/h1,3-12,14-16,27H,13H2. The second-order valence-corrected chi connectivity index (χ2v) is 6.36. The van der Waals surface area contributed by atoms with E-state index in [1.807, 2.05) is 65.2 Å². The Bertz CT molecular complexity index is 1140. The molecule has 0 aliphatic carbocycles. The topological polar surface area (TPSA) is 38.1 Å². The van der Waals surface area contributed by atoms with E-state index in [4.69, 9.17) is 6.42 Å². The molecule has 1 N–H and O–H groups in total. The van der Waals surface area contributed by atoms with Crippen LogP contribution in [0.15, 0.2) is 79.1 Å². The molecular formula is C23H17FN2O. The lowest BCUT2D eigenvalue weighted by molar-refractivity contribution is 0.0763. The fourth-order valence-corrected chi connectivity index (χ4v) is 3.50. The summed E-state index contributed by atoms with van der Waals surface area (Å²) in [5.74, 6) is 1.91. The van der Waals surface area contributed by atoms with Crippen LogP contribution >= 0.6 is 0 Å². The predicted octanol–water partition coefficient (Wildman–Crippen LogP) is 4.42. The molecule has 0 saturated carbocycles. The van der Waals surface area contributed by atoms with Crippen LogP contribution in [-0.2, 0) is 5.60 Å². The van der Waals surface area contributed by atoms with E-state index in [9.17, 15) is 9.50 Å². The van der Waals surface area contributed by atoms with Crippen LogP contribution in [0.5, 0.6) is 0 Å². The molecule has 0 spiro atoms. The van der Waals surface area contributed by atoms with Crippen LogP contribution in [0, 0.1) is 18.2 Å². The molecule has 1 atom stereocenters. The zero-order valence-corrected chi connectivity index (χ0v) is 14.5. The maximum atomic E-state index is 14.6. The van der Waals surface area contributed by atoms with Gasteiger partial charge in [0, 0.05) is 29.3 Å². The number of nitrogens with zero attached hydrogens (tertiary/aromatic N) is 2. The molecule has 0 radical (unpaired) electrons. The second kappa shape index (κ2) is 6.71. The molecule has 0 saturated heterocycles. The number of benzene rings is 2. The van der Waals surface area contributed by atoms with Gasteiger partial charge in [0.15, 0.2) is 0 Å². The van der Waals surface area contributed by atoms with E-state index in [1.54, 1.807) is 0 Å². The van der Waals surface area contributed by atoms with E-state index in [2.05, 4.69) is 10.9 Å². The largest absolute Gasteiger partial charge is 0.378 e. The molecule has 0 bridgehead atoms. The number of terminal acetylenes is 1. The van der Waals surface area contributed by atoms with Crippen LogP contribution in [0.2, 0.25) is 0 Å². The van der Waals surface area contributed by atoms with E-state index in [0.29, 0.717) is 5.69 Å². The van der Waals surface area contributed by atoms with Crippen LogP contribution in [0.4, 0.5) is 4.39 Å². The van der Waals surface area contributed by atoms with Crippen LogP contribution in [0.3, 0.4) is 0 Å². The number of halogens is 1. The molecule has 2 aromatic carbocycles. The van der Waals surface area contributed by atoms with Gasteiger partial charge in [-0.25, -0.2) is 4.39 Å².